The molecule has 2 aromatic carbocycles. The maximum Gasteiger partial charge on any atom is 0.251 e. The molecule has 126 valence electrons. The van der Waals surface area contributed by atoms with Gasteiger partial charge in [-0.05, 0) is 17.7 Å². The number of hydrogen-bond donors (Lipinski definition) is 2. The Hall–Kier alpha value is -2.99. The van der Waals surface area contributed by atoms with Crippen molar-refractivity contribution >= 4 is 23.2 Å². The molecule has 0 aliphatic rings. The van der Waals surface area contributed by atoms with Crippen LogP contribution < -0.4 is 10.6 Å². The normalized spacial score (nSPS) is 10.2. The van der Waals surface area contributed by atoms with E-state index in [0.29, 0.717) is 12.1 Å². The van der Waals surface area contributed by atoms with Crippen molar-refractivity contribution in [3.63, 3.8) is 0 Å². The van der Waals surface area contributed by atoms with Crippen molar-refractivity contribution in [2.75, 3.05) is 6.54 Å². The summed E-state index contributed by atoms with van der Waals surface area (Å²) in [6, 6.07) is 16.8. The zero-order valence-electron chi connectivity index (χ0n) is 13.4. The number of hydrogen-bond acceptors (Lipinski definition) is 4. The van der Waals surface area contributed by atoms with Crippen LogP contribution in [0.1, 0.15) is 15.9 Å². The van der Waals surface area contributed by atoms with E-state index in [-0.39, 0.29) is 18.4 Å². The van der Waals surface area contributed by atoms with E-state index in [1.54, 1.807) is 17.6 Å². The van der Waals surface area contributed by atoms with Crippen molar-refractivity contribution in [1.29, 1.82) is 0 Å². The first-order valence-electron chi connectivity index (χ1n) is 7.80. The van der Waals surface area contributed by atoms with Gasteiger partial charge in [-0.15, -0.1) is 11.3 Å². The maximum atomic E-state index is 12.1. The zero-order valence-corrected chi connectivity index (χ0v) is 14.3. The molecule has 25 heavy (non-hydrogen) atoms. The lowest BCUT2D eigenvalue weighted by atomic mass is 10.1. The van der Waals surface area contributed by atoms with E-state index in [4.69, 9.17) is 0 Å². The lowest BCUT2D eigenvalue weighted by Gasteiger charge is -2.07. The van der Waals surface area contributed by atoms with Crippen LogP contribution in [0.5, 0.6) is 0 Å². The second-order valence-electron chi connectivity index (χ2n) is 5.40. The third-order valence-corrected chi connectivity index (χ3v) is 4.20. The first-order valence-corrected chi connectivity index (χ1v) is 8.74. The summed E-state index contributed by atoms with van der Waals surface area (Å²) in [6.07, 6.45) is 0. The SMILES string of the molecule is O=C(CNC(=O)c1ccc(-c2cscn2)cc1)NCc1ccccc1. The van der Waals surface area contributed by atoms with Crippen molar-refractivity contribution < 1.29 is 9.59 Å². The van der Waals surface area contributed by atoms with Crippen LogP contribution in [0.4, 0.5) is 0 Å². The highest BCUT2D eigenvalue weighted by Crippen LogP contribution is 2.19. The molecule has 6 heteroatoms. The van der Waals surface area contributed by atoms with Gasteiger partial charge in [-0.25, -0.2) is 4.98 Å². The highest BCUT2D eigenvalue weighted by atomic mass is 32.1. The summed E-state index contributed by atoms with van der Waals surface area (Å²) < 4.78 is 0. The Balaban J connectivity index is 1.48. The third-order valence-electron chi connectivity index (χ3n) is 3.62. The largest absolute Gasteiger partial charge is 0.350 e. The van der Waals surface area contributed by atoms with Gasteiger partial charge in [0.2, 0.25) is 5.91 Å². The van der Waals surface area contributed by atoms with Gasteiger partial charge in [0.1, 0.15) is 0 Å². The van der Waals surface area contributed by atoms with Crippen molar-refractivity contribution in [1.82, 2.24) is 15.6 Å². The monoisotopic (exact) mass is 351 g/mol. The van der Waals surface area contributed by atoms with E-state index >= 15 is 0 Å². The molecular formula is C19H17N3O2S. The Labute approximate surface area is 149 Å². The molecule has 3 aromatic rings. The number of carbonyl (C=O) groups is 2. The number of carbonyl (C=O) groups excluding carboxylic acids is 2. The van der Waals surface area contributed by atoms with Gasteiger partial charge in [-0.1, -0.05) is 42.5 Å². The molecule has 2 amide bonds. The summed E-state index contributed by atoms with van der Waals surface area (Å²) >= 11 is 1.52. The molecule has 0 saturated carbocycles. The molecule has 0 fully saturated rings. The van der Waals surface area contributed by atoms with Gasteiger partial charge in [0.15, 0.2) is 0 Å². The number of benzene rings is 2. The minimum atomic E-state index is -0.278. The number of rotatable bonds is 6. The number of thiazole rings is 1. The van der Waals surface area contributed by atoms with E-state index in [2.05, 4.69) is 15.6 Å². The number of nitrogens with zero attached hydrogens (tertiary/aromatic N) is 1. The highest BCUT2D eigenvalue weighted by molar-refractivity contribution is 7.07. The van der Waals surface area contributed by atoms with E-state index in [1.807, 2.05) is 47.8 Å². The minimum absolute atomic E-state index is 0.0560. The van der Waals surface area contributed by atoms with Crippen LogP contribution in [0, 0.1) is 0 Å². The molecule has 0 aliphatic carbocycles. The van der Waals surface area contributed by atoms with Crippen LogP contribution in [-0.2, 0) is 11.3 Å². The average Bonchev–Trinajstić information content (AvgIpc) is 3.20. The molecule has 1 heterocycles. The molecule has 0 bridgehead atoms. The summed E-state index contributed by atoms with van der Waals surface area (Å²) in [5.41, 5.74) is 5.13. The fourth-order valence-electron chi connectivity index (χ4n) is 2.27. The zero-order chi connectivity index (χ0) is 17.5. The highest BCUT2D eigenvalue weighted by Gasteiger charge is 2.08. The molecule has 0 spiro atoms. The topological polar surface area (TPSA) is 71.1 Å². The van der Waals surface area contributed by atoms with Crippen LogP contribution in [0.3, 0.4) is 0 Å². The molecule has 0 aliphatic heterocycles. The standard InChI is InChI=1S/C19H17N3O2S/c23-18(20-10-14-4-2-1-3-5-14)11-21-19(24)16-8-6-15(7-9-16)17-12-25-13-22-17/h1-9,12-13H,10-11H2,(H,20,23)(H,21,24). The molecule has 0 saturated heterocycles. The fourth-order valence-corrected chi connectivity index (χ4v) is 2.83. The molecule has 0 unspecified atom stereocenters. The summed E-state index contributed by atoms with van der Waals surface area (Å²) in [6.45, 7) is 0.386. The number of amides is 2. The van der Waals surface area contributed by atoms with E-state index in [9.17, 15) is 9.59 Å². The van der Waals surface area contributed by atoms with Crippen molar-refractivity contribution in [3.8, 4) is 11.3 Å². The fraction of sp³-hybridized carbons (Fsp3) is 0.105. The molecule has 2 N–H and O–H groups in total. The molecule has 3 rings (SSSR count). The van der Waals surface area contributed by atoms with Gasteiger partial charge in [0, 0.05) is 23.1 Å². The lowest BCUT2D eigenvalue weighted by molar-refractivity contribution is -0.120. The molecule has 0 radical (unpaired) electrons. The summed E-state index contributed by atoms with van der Waals surface area (Å²) in [4.78, 5) is 28.2. The second kappa shape index (κ2) is 8.21. The maximum absolute atomic E-state index is 12.1. The van der Waals surface area contributed by atoms with Crippen LogP contribution in [-0.4, -0.2) is 23.3 Å². The third kappa shape index (κ3) is 4.74. The Morgan fingerprint density at radius 2 is 1.72 bits per heavy atom. The van der Waals surface area contributed by atoms with Crippen molar-refractivity contribution in [2.45, 2.75) is 6.54 Å². The Kier molecular flexibility index (Phi) is 5.53. The average molecular weight is 351 g/mol. The molecule has 1 aromatic heterocycles. The van der Waals surface area contributed by atoms with Gasteiger partial charge in [0.05, 0.1) is 17.7 Å². The van der Waals surface area contributed by atoms with Crippen LogP contribution in [0.2, 0.25) is 0 Å². The van der Waals surface area contributed by atoms with Gasteiger partial charge in [-0.2, -0.15) is 0 Å². The summed E-state index contributed by atoms with van der Waals surface area (Å²) in [5.74, 6) is -0.504. The van der Waals surface area contributed by atoms with Gasteiger partial charge >= 0.3 is 0 Å². The van der Waals surface area contributed by atoms with Crippen LogP contribution >= 0.6 is 11.3 Å². The molecular weight excluding hydrogens is 334 g/mol. The van der Waals surface area contributed by atoms with Gasteiger partial charge in [-0.3, -0.25) is 9.59 Å². The van der Waals surface area contributed by atoms with E-state index in [1.165, 1.54) is 11.3 Å². The Bertz CT molecular complexity index is 831. The van der Waals surface area contributed by atoms with Crippen LogP contribution in [0.25, 0.3) is 11.3 Å². The molecule has 5 nitrogen and oxygen atoms in total. The van der Waals surface area contributed by atoms with Crippen molar-refractivity contribution in [2.24, 2.45) is 0 Å². The second-order valence-corrected chi connectivity index (χ2v) is 6.11. The first kappa shape index (κ1) is 16.9. The number of nitrogens with one attached hydrogen (secondary N) is 2. The van der Waals surface area contributed by atoms with E-state index < -0.39 is 0 Å². The minimum Gasteiger partial charge on any atom is -0.350 e. The first-order chi connectivity index (χ1) is 12.2. The van der Waals surface area contributed by atoms with Gasteiger partial charge in [0.25, 0.3) is 5.91 Å². The van der Waals surface area contributed by atoms with E-state index in [0.717, 1.165) is 16.8 Å². The quantitative estimate of drug-likeness (QED) is 0.717. The number of aromatic nitrogens is 1. The Morgan fingerprint density at radius 3 is 2.40 bits per heavy atom. The lowest BCUT2D eigenvalue weighted by Crippen LogP contribution is -2.36. The summed E-state index contributed by atoms with van der Waals surface area (Å²) in [5, 5.41) is 7.35. The molecule has 0 atom stereocenters. The predicted molar refractivity (Wildman–Crippen MR) is 98.2 cm³/mol. The van der Waals surface area contributed by atoms with Crippen molar-refractivity contribution in [3.05, 3.63) is 76.6 Å². The van der Waals surface area contributed by atoms with Crippen LogP contribution in [0.15, 0.2) is 65.5 Å². The predicted octanol–water partition coefficient (Wildman–Crippen LogP) is 2.86. The summed E-state index contributed by atoms with van der Waals surface area (Å²) in [7, 11) is 0. The smallest absolute Gasteiger partial charge is 0.251 e. The Morgan fingerprint density at radius 1 is 0.960 bits per heavy atom. The van der Waals surface area contributed by atoms with Gasteiger partial charge < -0.3 is 10.6 Å².